The van der Waals surface area contributed by atoms with Gasteiger partial charge in [0.05, 0.1) is 0 Å². The van der Waals surface area contributed by atoms with Gasteiger partial charge in [-0.25, -0.2) is 4.39 Å². The summed E-state index contributed by atoms with van der Waals surface area (Å²) in [4.78, 5) is 0. The van der Waals surface area contributed by atoms with E-state index in [9.17, 15) is 4.39 Å². The van der Waals surface area contributed by atoms with Gasteiger partial charge in [-0.05, 0) is 56.0 Å². The first-order valence-corrected chi connectivity index (χ1v) is 7.01. The highest BCUT2D eigenvalue weighted by Crippen LogP contribution is 2.17. The second-order valence-corrected chi connectivity index (χ2v) is 5.58. The molecule has 18 heavy (non-hydrogen) atoms. The zero-order valence-corrected chi connectivity index (χ0v) is 11.9. The van der Waals surface area contributed by atoms with Gasteiger partial charge in [-0.15, -0.1) is 0 Å². The van der Waals surface area contributed by atoms with E-state index in [1.54, 1.807) is 12.1 Å². The van der Waals surface area contributed by atoms with Gasteiger partial charge in [0.2, 0.25) is 0 Å². The lowest BCUT2D eigenvalue weighted by Crippen LogP contribution is -2.21. The smallest absolute Gasteiger partial charge is 0.123 e. The van der Waals surface area contributed by atoms with Gasteiger partial charge in [0.1, 0.15) is 5.82 Å². The highest BCUT2D eigenvalue weighted by atomic mass is 19.1. The summed E-state index contributed by atoms with van der Waals surface area (Å²) in [5.74, 6) is 1.25. The van der Waals surface area contributed by atoms with Gasteiger partial charge in [0.15, 0.2) is 0 Å². The number of hydrogen-bond donors (Lipinski definition) is 1. The van der Waals surface area contributed by atoms with Crippen LogP contribution < -0.4 is 5.32 Å². The molecule has 0 saturated carbocycles. The number of rotatable bonds is 8. The van der Waals surface area contributed by atoms with E-state index in [2.05, 4.69) is 19.2 Å². The summed E-state index contributed by atoms with van der Waals surface area (Å²) >= 11 is 0. The van der Waals surface area contributed by atoms with E-state index in [-0.39, 0.29) is 5.82 Å². The van der Waals surface area contributed by atoms with Crippen LogP contribution in [0.4, 0.5) is 4.39 Å². The fraction of sp³-hybridized carbons (Fsp3) is 0.625. The molecule has 1 rings (SSSR count). The lowest BCUT2D eigenvalue weighted by Gasteiger charge is -2.17. The van der Waals surface area contributed by atoms with Crippen molar-refractivity contribution >= 4 is 0 Å². The highest BCUT2D eigenvalue weighted by molar-refractivity contribution is 5.16. The Morgan fingerprint density at radius 2 is 2.00 bits per heavy atom. The van der Waals surface area contributed by atoms with E-state index < -0.39 is 0 Å². The maximum absolute atomic E-state index is 13.1. The average molecular weight is 251 g/mol. The zero-order valence-electron chi connectivity index (χ0n) is 11.9. The molecule has 0 aliphatic carbocycles. The Morgan fingerprint density at radius 3 is 2.61 bits per heavy atom. The molecule has 0 saturated heterocycles. The minimum Gasteiger partial charge on any atom is -0.319 e. The molecular weight excluding hydrogens is 225 g/mol. The van der Waals surface area contributed by atoms with Crippen molar-refractivity contribution in [2.45, 2.75) is 39.5 Å². The average Bonchev–Trinajstić information content (AvgIpc) is 2.28. The third-order valence-corrected chi connectivity index (χ3v) is 3.30. The van der Waals surface area contributed by atoms with Crippen LogP contribution in [-0.4, -0.2) is 13.6 Å². The molecule has 0 radical (unpaired) electrons. The Bertz CT molecular complexity index is 336. The number of halogens is 1. The predicted molar refractivity (Wildman–Crippen MR) is 76.2 cm³/mol. The van der Waals surface area contributed by atoms with E-state index in [1.807, 2.05) is 13.1 Å². The summed E-state index contributed by atoms with van der Waals surface area (Å²) in [6.45, 7) is 5.54. The molecule has 0 aliphatic rings. The van der Waals surface area contributed by atoms with Crippen LogP contribution in [0, 0.1) is 17.7 Å². The molecule has 0 aliphatic heterocycles. The van der Waals surface area contributed by atoms with Crippen molar-refractivity contribution in [3.05, 3.63) is 35.6 Å². The zero-order chi connectivity index (χ0) is 13.4. The molecule has 0 bridgehead atoms. The van der Waals surface area contributed by atoms with Gasteiger partial charge in [0.25, 0.3) is 0 Å². The molecule has 0 amide bonds. The molecule has 102 valence electrons. The Morgan fingerprint density at radius 1 is 1.22 bits per heavy atom. The topological polar surface area (TPSA) is 12.0 Å². The van der Waals surface area contributed by atoms with Crippen molar-refractivity contribution in [3.8, 4) is 0 Å². The van der Waals surface area contributed by atoms with Crippen molar-refractivity contribution in [1.82, 2.24) is 5.32 Å². The Kier molecular flexibility index (Phi) is 6.96. The van der Waals surface area contributed by atoms with Gasteiger partial charge in [-0.2, -0.15) is 0 Å². The summed E-state index contributed by atoms with van der Waals surface area (Å²) in [6, 6.07) is 6.99. The predicted octanol–water partition coefficient (Wildman–Crippen LogP) is 4.03. The minimum absolute atomic E-state index is 0.127. The summed E-state index contributed by atoms with van der Waals surface area (Å²) < 4.78 is 13.1. The fourth-order valence-corrected chi connectivity index (χ4v) is 2.38. The molecule has 1 atom stereocenters. The van der Waals surface area contributed by atoms with Crippen molar-refractivity contribution in [2.75, 3.05) is 13.6 Å². The quantitative estimate of drug-likeness (QED) is 0.735. The molecule has 0 fully saturated rings. The number of hydrogen-bond acceptors (Lipinski definition) is 1. The van der Waals surface area contributed by atoms with E-state index in [0.29, 0.717) is 5.92 Å². The molecule has 1 aromatic carbocycles. The van der Waals surface area contributed by atoms with Crippen LogP contribution in [0.1, 0.15) is 38.7 Å². The lowest BCUT2D eigenvalue weighted by atomic mass is 9.92. The summed E-state index contributed by atoms with van der Waals surface area (Å²) in [5.41, 5.74) is 1.11. The summed E-state index contributed by atoms with van der Waals surface area (Å²) in [5, 5.41) is 3.25. The SMILES string of the molecule is CNCC(CCCC(C)C)Cc1cccc(F)c1. The molecule has 1 aromatic rings. The Labute approximate surface area is 111 Å². The fourth-order valence-electron chi connectivity index (χ4n) is 2.38. The first kappa shape index (κ1) is 15.2. The third kappa shape index (κ3) is 6.15. The molecule has 1 unspecified atom stereocenters. The van der Waals surface area contributed by atoms with Gasteiger partial charge in [0, 0.05) is 0 Å². The van der Waals surface area contributed by atoms with E-state index in [0.717, 1.165) is 24.4 Å². The molecule has 0 heterocycles. The van der Waals surface area contributed by atoms with Crippen LogP contribution in [0.15, 0.2) is 24.3 Å². The Hall–Kier alpha value is -0.890. The van der Waals surface area contributed by atoms with Gasteiger partial charge >= 0.3 is 0 Å². The minimum atomic E-state index is -0.127. The molecular formula is C16H26FN. The van der Waals surface area contributed by atoms with Crippen molar-refractivity contribution in [1.29, 1.82) is 0 Å². The summed E-state index contributed by atoms with van der Waals surface area (Å²) in [6.07, 6.45) is 4.73. The maximum Gasteiger partial charge on any atom is 0.123 e. The second kappa shape index (κ2) is 8.25. The first-order chi connectivity index (χ1) is 8.61. The van der Waals surface area contributed by atoms with E-state index in [4.69, 9.17) is 0 Å². The monoisotopic (exact) mass is 251 g/mol. The van der Waals surface area contributed by atoms with Crippen molar-refractivity contribution in [3.63, 3.8) is 0 Å². The number of benzene rings is 1. The summed E-state index contributed by atoms with van der Waals surface area (Å²) in [7, 11) is 1.99. The normalized spacial score (nSPS) is 12.9. The van der Waals surface area contributed by atoms with Crippen LogP contribution in [-0.2, 0) is 6.42 Å². The van der Waals surface area contributed by atoms with Crippen LogP contribution in [0.5, 0.6) is 0 Å². The number of nitrogens with one attached hydrogen (secondary N) is 1. The van der Waals surface area contributed by atoms with Gasteiger partial charge < -0.3 is 5.32 Å². The van der Waals surface area contributed by atoms with Gasteiger partial charge in [-0.1, -0.05) is 38.8 Å². The maximum atomic E-state index is 13.1. The standard InChI is InChI=1S/C16H26FN/c1-13(2)6-4-8-15(12-18-3)10-14-7-5-9-16(17)11-14/h5,7,9,11,13,15,18H,4,6,8,10,12H2,1-3H3. The largest absolute Gasteiger partial charge is 0.319 e. The van der Waals surface area contributed by atoms with Crippen LogP contribution in [0.25, 0.3) is 0 Å². The van der Waals surface area contributed by atoms with Crippen molar-refractivity contribution in [2.24, 2.45) is 11.8 Å². The molecule has 2 heteroatoms. The second-order valence-electron chi connectivity index (χ2n) is 5.58. The molecule has 0 aromatic heterocycles. The van der Waals surface area contributed by atoms with Crippen LogP contribution in [0.3, 0.4) is 0 Å². The molecule has 1 N–H and O–H groups in total. The van der Waals surface area contributed by atoms with Crippen molar-refractivity contribution < 1.29 is 4.39 Å². The molecule has 1 nitrogen and oxygen atoms in total. The van der Waals surface area contributed by atoms with E-state index >= 15 is 0 Å². The molecule has 0 spiro atoms. The van der Waals surface area contributed by atoms with Crippen LogP contribution >= 0.6 is 0 Å². The third-order valence-electron chi connectivity index (χ3n) is 3.30. The highest BCUT2D eigenvalue weighted by Gasteiger charge is 2.09. The van der Waals surface area contributed by atoms with Crippen LogP contribution in [0.2, 0.25) is 0 Å². The van der Waals surface area contributed by atoms with Gasteiger partial charge in [-0.3, -0.25) is 0 Å². The van der Waals surface area contributed by atoms with E-state index in [1.165, 1.54) is 25.3 Å². The Balaban J connectivity index is 2.46. The lowest BCUT2D eigenvalue weighted by molar-refractivity contribution is 0.417. The first-order valence-electron chi connectivity index (χ1n) is 7.01.